The van der Waals surface area contributed by atoms with E-state index in [1.54, 1.807) is 6.07 Å². The van der Waals surface area contributed by atoms with E-state index in [0.29, 0.717) is 6.54 Å². The van der Waals surface area contributed by atoms with Crippen molar-refractivity contribution in [1.29, 1.82) is 0 Å². The molecule has 0 radical (unpaired) electrons. The fourth-order valence-corrected chi connectivity index (χ4v) is 1.98. The number of aryl methyl sites for hydroxylation is 1. The lowest BCUT2D eigenvalue weighted by Gasteiger charge is -2.12. The van der Waals surface area contributed by atoms with Gasteiger partial charge in [-0.2, -0.15) is 0 Å². The van der Waals surface area contributed by atoms with Gasteiger partial charge < -0.3 is 15.3 Å². The van der Waals surface area contributed by atoms with Crippen molar-refractivity contribution in [2.24, 2.45) is 0 Å². The van der Waals surface area contributed by atoms with Gasteiger partial charge in [0.2, 0.25) is 0 Å². The van der Waals surface area contributed by atoms with E-state index in [4.69, 9.17) is 5.11 Å². The topological polar surface area (TPSA) is 72.7 Å². The Balaban J connectivity index is 2.51. The number of hydrogen-bond donors (Lipinski definition) is 4. The van der Waals surface area contributed by atoms with Crippen LogP contribution in [0.15, 0.2) is 18.2 Å². The Morgan fingerprint density at radius 1 is 1.21 bits per heavy atom. The first-order valence-electron chi connectivity index (χ1n) is 7.00. The molecule has 0 fully saturated rings. The number of rotatable bonds is 9. The third kappa shape index (κ3) is 6.05. The summed E-state index contributed by atoms with van der Waals surface area (Å²) in [5.41, 5.74) is 1.95. The Labute approximate surface area is 115 Å². The first-order chi connectivity index (χ1) is 9.17. The van der Waals surface area contributed by atoms with Crippen LogP contribution < -0.4 is 5.32 Å². The van der Waals surface area contributed by atoms with Gasteiger partial charge in [-0.1, -0.05) is 38.3 Å². The van der Waals surface area contributed by atoms with Gasteiger partial charge >= 0.3 is 0 Å². The van der Waals surface area contributed by atoms with Crippen LogP contribution in [0.1, 0.15) is 43.7 Å². The molecule has 4 heteroatoms. The molecule has 4 N–H and O–H groups in total. The second-order valence-electron chi connectivity index (χ2n) is 4.85. The molecule has 0 amide bonds. The van der Waals surface area contributed by atoms with Crippen molar-refractivity contribution in [3.63, 3.8) is 0 Å². The lowest BCUT2D eigenvalue weighted by molar-refractivity contribution is 0.0664. The summed E-state index contributed by atoms with van der Waals surface area (Å²) in [5, 5.41) is 30.5. The second-order valence-corrected chi connectivity index (χ2v) is 4.85. The van der Waals surface area contributed by atoms with Crippen molar-refractivity contribution in [2.75, 3.05) is 6.61 Å². The molecule has 0 saturated heterocycles. The number of phenols is 1. The molecule has 1 aromatic carbocycles. The summed E-state index contributed by atoms with van der Waals surface area (Å²) in [6.45, 7) is 2.20. The largest absolute Gasteiger partial charge is 0.508 e. The average molecular weight is 267 g/mol. The maximum absolute atomic E-state index is 9.75. The van der Waals surface area contributed by atoms with E-state index in [2.05, 4.69) is 12.2 Å². The van der Waals surface area contributed by atoms with E-state index in [9.17, 15) is 10.2 Å². The summed E-state index contributed by atoms with van der Waals surface area (Å²) in [4.78, 5) is 0. The number of aliphatic hydroxyl groups excluding tert-OH is 2. The van der Waals surface area contributed by atoms with Crippen LogP contribution >= 0.6 is 0 Å². The number of aliphatic hydroxyl groups is 2. The molecule has 0 aliphatic carbocycles. The number of hydrogen-bond acceptors (Lipinski definition) is 4. The molecular formula is C15H25NO3. The smallest absolute Gasteiger partial charge is 0.128 e. The van der Waals surface area contributed by atoms with Crippen molar-refractivity contribution >= 4 is 0 Å². The monoisotopic (exact) mass is 267 g/mol. The molecule has 0 aliphatic heterocycles. The van der Waals surface area contributed by atoms with Crippen molar-refractivity contribution < 1.29 is 15.3 Å². The van der Waals surface area contributed by atoms with Crippen LogP contribution in [0.3, 0.4) is 0 Å². The van der Waals surface area contributed by atoms with E-state index >= 15 is 0 Å². The van der Waals surface area contributed by atoms with Crippen LogP contribution in [-0.4, -0.2) is 28.2 Å². The summed E-state index contributed by atoms with van der Waals surface area (Å²) in [5.74, 6) is 0.218. The first-order valence-corrected chi connectivity index (χ1v) is 7.00. The molecule has 0 spiro atoms. The summed E-state index contributed by atoms with van der Waals surface area (Å²) in [6, 6.07) is 5.59. The minimum atomic E-state index is -0.951. The Hall–Kier alpha value is -1.10. The van der Waals surface area contributed by atoms with Gasteiger partial charge in [0.05, 0.1) is 6.61 Å². The van der Waals surface area contributed by atoms with Gasteiger partial charge in [-0.05, 0) is 24.5 Å². The molecule has 1 atom stereocenters. The Bertz CT molecular complexity index is 368. The molecule has 0 aliphatic rings. The van der Waals surface area contributed by atoms with Crippen LogP contribution in [0.5, 0.6) is 5.75 Å². The molecule has 108 valence electrons. The van der Waals surface area contributed by atoms with E-state index in [0.717, 1.165) is 18.4 Å². The van der Waals surface area contributed by atoms with Gasteiger partial charge in [-0.15, -0.1) is 0 Å². The normalized spacial score (nSPS) is 12.6. The Morgan fingerprint density at radius 3 is 2.68 bits per heavy atom. The highest BCUT2D eigenvalue weighted by Gasteiger charge is 2.06. The number of aromatic hydroxyl groups is 1. The molecule has 0 heterocycles. The van der Waals surface area contributed by atoms with Gasteiger partial charge in [-0.3, -0.25) is 5.32 Å². The van der Waals surface area contributed by atoms with E-state index in [1.165, 1.54) is 24.8 Å². The number of nitrogens with one attached hydrogen (secondary N) is 1. The molecule has 1 unspecified atom stereocenters. The van der Waals surface area contributed by atoms with Crippen LogP contribution in [0.4, 0.5) is 0 Å². The van der Waals surface area contributed by atoms with Gasteiger partial charge in [0.1, 0.15) is 12.0 Å². The van der Waals surface area contributed by atoms with Crippen molar-refractivity contribution in [3.05, 3.63) is 29.3 Å². The van der Waals surface area contributed by atoms with E-state index in [-0.39, 0.29) is 12.4 Å². The third-order valence-electron chi connectivity index (χ3n) is 3.16. The van der Waals surface area contributed by atoms with Gasteiger partial charge in [0.25, 0.3) is 0 Å². The molecule has 0 saturated carbocycles. The van der Waals surface area contributed by atoms with Gasteiger partial charge in [-0.25, -0.2) is 0 Å². The van der Waals surface area contributed by atoms with Crippen molar-refractivity contribution in [2.45, 2.75) is 51.8 Å². The Kier molecular flexibility index (Phi) is 7.48. The number of unbranched alkanes of at least 4 members (excludes halogenated alkanes) is 3. The Morgan fingerprint density at radius 2 is 2.00 bits per heavy atom. The second kappa shape index (κ2) is 8.91. The fraction of sp³-hybridized carbons (Fsp3) is 0.600. The number of benzene rings is 1. The molecule has 19 heavy (non-hydrogen) atoms. The molecule has 1 rings (SSSR count). The van der Waals surface area contributed by atoms with E-state index in [1.807, 2.05) is 12.1 Å². The SMILES string of the molecule is CCCCCCc1ccc(O)c(CNC(O)CO)c1. The maximum Gasteiger partial charge on any atom is 0.128 e. The standard InChI is InChI=1S/C15H25NO3/c1-2-3-4-5-6-12-7-8-14(18)13(9-12)10-16-15(19)11-17/h7-9,15-19H,2-6,10-11H2,1H3. The van der Waals surface area contributed by atoms with Crippen LogP contribution in [0.2, 0.25) is 0 Å². The lowest BCUT2D eigenvalue weighted by atomic mass is 10.0. The van der Waals surface area contributed by atoms with Crippen LogP contribution in [0.25, 0.3) is 0 Å². The van der Waals surface area contributed by atoms with Crippen LogP contribution in [0, 0.1) is 0 Å². The summed E-state index contributed by atoms with van der Waals surface area (Å²) < 4.78 is 0. The predicted octanol–water partition coefficient (Wildman–Crippen LogP) is 1.92. The highest BCUT2D eigenvalue weighted by Crippen LogP contribution is 2.20. The zero-order chi connectivity index (χ0) is 14.1. The summed E-state index contributed by atoms with van der Waals surface area (Å²) >= 11 is 0. The quantitative estimate of drug-likeness (QED) is 0.407. The molecule has 0 bridgehead atoms. The highest BCUT2D eigenvalue weighted by molar-refractivity contribution is 5.36. The number of phenolic OH excluding ortho intramolecular Hbond substituents is 1. The first kappa shape index (κ1) is 16.0. The molecular weight excluding hydrogens is 242 g/mol. The van der Waals surface area contributed by atoms with Crippen LogP contribution in [-0.2, 0) is 13.0 Å². The zero-order valence-corrected chi connectivity index (χ0v) is 11.6. The summed E-state index contributed by atoms with van der Waals surface area (Å²) in [6.07, 6.45) is 4.93. The average Bonchev–Trinajstić information content (AvgIpc) is 2.43. The van der Waals surface area contributed by atoms with E-state index < -0.39 is 6.23 Å². The minimum absolute atomic E-state index is 0.218. The molecule has 4 nitrogen and oxygen atoms in total. The van der Waals surface area contributed by atoms with Gasteiger partial charge in [0.15, 0.2) is 0 Å². The summed E-state index contributed by atoms with van der Waals surface area (Å²) in [7, 11) is 0. The maximum atomic E-state index is 9.75. The molecule has 1 aromatic rings. The fourth-order valence-electron chi connectivity index (χ4n) is 1.98. The van der Waals surface area contributed by atoms with Gasteiger partial charge in [0, 0.05) is 12.1 Å². The van der Waals surface area contributed by atoms with Crippen molar-refractivity contribution in [3.8, 4) is 5.75 Å². The highest BCUT2D eigenvalue weighted by atomic mass is 16.3. The lowest BCUT2D eigenvalue weighted by Crippen LogP contribution is -2.31. The minimum Gasteiger partial charge on any atom is -0.508 e. The predicted molar refractivity (Wildman–Crippen MR) is 75.9 cm³/mol. The zero-order valence-electron chi connectivity index (χ0n) is 11.6. The molecule has 0 aromatic heterocycles. The van der Waals surface area contributed by atoms with Crippen molar-refractivity contribution in [1.82, 2.24) is 5.32 Å². The third-order valence-corrected chi connectivity index (χ3v) is 3.16.